The number of benzene rings is 2. The lowest BCUT2D eigenvalue weighted by Gasteiger charge is -2.35. The van der Waals surface area contributed by atoms with Gasteiger partial charge in [-0.25, -0.2) is 8.42 Å². The predicted octanol–water partition coefficient (Wildman–Crippen LogP) is 4.61. The Kier molecular flexibility index (Phi) is 5.82. The van der Waals surface area contributed by atoms with Crippen LogP contribution in [0.4, 0.5) is 0 Å². The summed E-state index contributed by atoms with van der Waals surface area (Å²) in [7, 11) is -3.66. The minimum absolute atomic E-state index is 0.245. The van der Waals surface area contributed by atoms with E-state index in [-0.39, 0.29) is 12.6 Å². The van der Waals surface area contributed by atoms with Gasteiger partial charge in [0.05, 0.1) is 17.5 Å². The van der Waals surface area contributed by atoms with Crippen LogP contribution >= 0.6 is 0 Å². The molecule has 3 rings (SSSR count). The second-order valence-electron chi connectivity index (χ2n) is 6.61. The minimum atomic E-state index is -3.66. The second kappa shape index (κ2) is 8.11. The Bertz CT molecular complexity index is 931. The first-order chi connectivity index (χ1) is 12.9. The molecule has 0 bridgehead atoms. The standard InChI is InChI=1S/C22H25NO3S/c1-4-26-18(3)20-12-15-22(19-8-6-5-7-9-19)23(16-20)27(24,25)21-13-10-17(2)11-14-21/h5-14,22H,3-4,15-16H2,1-2H3. The maximum atomic E-state index is 13.4. The lowest BCUT2D eigenvalue weighted by atomic mass is 9.98. The van der Waals surface area contributed by atoms with Crippen molar-refractivity contribution < 1.29 is 13.2 Å². The summed E-state index contributed by atoms with van der Waals surface area (Å²) in [5, 5.41) is 0. The molecule has 1 aliphatic rings. The molecule has 0 spiro atoms. The summed E-state index contributed by atoms with van der Waals surface area (Å²) >= 11 is 0. The number of sulfonamides is 1. The molecule has 1 aliphatic heterocycles. The number of aryl methyl sites for hydroxylation is 1. The van der Waals surface area contributed by atoms with Crippen LogP contribution in [0.15, 0.2) is 83.5 Å². The fraction of sp³-hybridized carbons (Fsp3) is 0.273. The molecule has 142 valence electrons. The normalized spacial score (nSPS) is 18.0. The zero-order chi connectivity index (χ0) is 19.4. The SMILES string of the molecule is C=C(OCC)C1=CCC(c2ccccc2)N(S(=O)(=O)c2ccc(C)cc2)C1. The van der Waals surface area contributed by atoms with Gasteiger partial charge in [0, 0.05) is 12.1 Å². The van der Waals surface area contributed by atoms with Gasteiger partial charge >= 0.3 is 0 Å². The third-order valence-electron chi connectivity index (χ3n) is 4.75. The fourth-order valence-electron chi connectivity index (χ4n) is 3.26. The third-order valence-corrected chi connectivity index (χ3v) is 6.62. The van der Waals surface area contributed by atoms with Crippen molar-refractivity contribution in [2.75, 3.05) is 13.2 Å². The molecule has 1 atom stereocenters. The van der Waals surface area contributed by atoms with Crippen molar-refractivity contribution in [2.24, 2.45) is 0 Å². The maximum absolute atomic E-state index is 13.4. The van der Waals surface area contributed by atoms with Gasteiger partial charge in [0.25, 0.3) is 0 Å². The molecule has 0 aliphatic carbocycles. The highest BCUT2D eigenvalue weighted by molar-refractivity contribution is 7.89. The van der Waals surface area contributed by atoms with Gasteiger partial charge in [0.15, 0.2) is 0 Å². The van der Waals surface area contributed by atoms with Crippen molar-refractivity contribution in [2.45, 2.75) is 31.2 Å². The van der Waals surface area contributed by atoms with Crippen LogP contribution in [0.25, 0.3) is 0 Å². The summed E-state index contributed by atoms with van der Waals surface area (Å²) in [5.74, 6) is 0.535. The molecule has 0 fully saturated rings. The predicted molar refractivity (Wildman–Crippen MR) is 108 cm³/mol. The number of hydrogen-bond acceptors (Lipinski definition) is 3. The van der Waals surface area contributed by atoms with Crippen molar-refractivity contribution in [1.82, 2.24) is 4.31 Å². The highest BCUT2D eigenvalue weighted by Crippen LogP contribution is 2.36. The van der Waals surface area contributed by atoms with Crippen LogP contribution in [0.5, 0.6) is 0 Å². The topological polar surface area (TPSA) is 46.6 Å². The summed E-state index contributed by atoms with van der Waals surface area (Å²) in [4.78, 5) is 0.303. The van der Waals surface area contributed by atoms with E-state index in [9.17, 15) is 8.42 Å². The Morgan fingerprint density at radius 3 is 2.44 bits per heavy atom. The average Bonchev–Trinajstić information content (AvgIpc) is 2.69. The average molecular weight is 384 g/mol. The van der Waals surface area contributed by atoms with Gasteiger partial charge in [0.1, 0.15) is 5.76 Å². The van der Waals surface area contributed by atoms with Gasteiger partial charge in [-0.2, -0.15) is 4.31 Å². The molecular formula is C22H25NO3S. The molecule has 5 heteroatoms. The van der Waals surface area contributed by atoms with Crippen molar-refractivity contribution in [3.05, 3.63) is 89.7 Å². The molecule has 0 radical (unpaired) electrons. The highest BCUT2D eigenvalue weighted by atomic mass is 32.2. The Labute approximate surface area is 161 Å². The van der Waals surface area contributed by atoms with Gasteiger partial charge in [-0.05, 0) is 38.0 Å². The van der Waals surface area contributed by atoms with E-state index in [4.69, 9.17) is 4.74 Å². The Morgan fingerprint density at radius 1 is 1.15 bits per heavy atom. The molecule has 0 aromatic heterocycles. The monoisotopic (exact) mass is 383 g/mol. The zero-order valence-electron chi connectivity index (χ0n) is 15.8. The molecule has 27 heavy (non-hydrogen) atoms. The van der Waals surface area contributed by atoms with E-state index in [2.05, 4.69) is 6.58 Å². The van der Waals surface area contributed by atoms with E-state index in [1.807, 2.05) is 62.4 Å². The molecular weight excluding hydrogens is 358 g/mol. The van der Waals surface area contributed by atoms with E-state index in [1.54, 1.807) is 16.4 Å². The van der Waals surface area contributed by atoms with Crippen molar-refractivity contribution >= 4 is 10.0 Å². The fourth-order valence-corrected chi connectivity index (χ4v) is 4.86. The maximum Gasteiger partial charge on any atom is 0.243 e. The van der Waals surface area contributed by atoms with E-state index >= 15 is 0 Å². The van der Waals surface area contributed by atoms with Crippen LogP contribution < -0.4 is 0 Å². The van der Waals surface area contributed by atoms with E-state index in [1.165, 1.54) is 0 Å². The first-order valence-electron chi connectivity index (χ1n) is 9.08. The number of ether oxygens (including phenoxy) is 1. The summed E-state index contributed by atoms with van der Waals surface area (Å²) in [6, 6.07) is 16.5. The third kappa shape index (κ3) is 4.15. The Hall–Kier alpha value is -2.37. The number of nitrogens with zero attached hydrogens (tertiary/aromatic N) is 1. The molecule has 0 N–H and O–H groups in total. The number of hydrogen-bond donors (Lipinski definition) is 0. The van der Waals surface area contributed by atoms with Gasteiger partial charge in [-0.15, -0.1) is 0 Å². The van der Waals surface area contributed by atoms with E-state index in [0.29, 0.717) is 23.7 Å². The quantitative estimate of drug-likeness (QED) is 0.685. The lowest BCUT2D eigenvalue weighted by Crippen LogP contribution is -2.39. The van der Waals surface area contributed by atoms with Crippen molar-refractivity contribution in [1.29, 1.82) is 0 Å². The largest absolute Gasteiger partial charge is 0.494 e. The van der Waals surface area contributed by atoms with Crippen LogP contribution in [0.1, 0.15) is 30.5 Å². The summed E-state index contributed by atoms with van der Waals surface area (Å²) in [6.45, 7) is 8.53. The summed E-state index contributed by atoms with van der Waals surface area (Å²) < 4.78 is 34.0. The molecule has 2 aromatic rings. The van der Waals surface area contributed by atoms with Gasteiger partial charge < -0.3 is 4.74 Å². The van der Waals surface area contributed by atoms with Crippen LogP contribution in [0, 0.1) is 6.92 Å². The molecule has 4 nitrogen and oxygen atoms in total. The molecule has 0 amide bonds. The van der Waals surface area contributed by atoms with Crippen molar-refractivity contribution in [3.8, 4) is 0 Å². The van der Waals surface area contributed by atoms with Crippen LogP contribution in [0.3, 0.4) is 0 Å². The van der Waals surface area contributed by atoms with Gasteiger partial charge in [-0.1, -0.05) is 60.7 Å². The van der Waals surface area contributed by atoms with Crippen molar-refractivity contribution in [3.63, 3.8) is 0 Å². The Balaban J connectivity index is 2.02. The van der Waals surface area contributed by atoms with E-state index < -0.39 is 10.0 Å². The first-order valence-corrected chi connectivity index (χ1v) is 10.5. The lowest BCUT2D eigenvalue weighted by molar-refractivity contribution is 0.229. The van der Waals surface area contributed by atoms with Gasteiger partial charge in [0.2, 0.25) is 10.0 Å². The second-order valence-corrected chi connectivity index (χ2v) is 8.50. The molecule has 0 saturated heterocycles. The van der Waals surface area contributed by atoms with Crippen LogP contribution in [-0.4, -0.2) is 25.9 Å². The summed E-state index contributed by atoms with van der Waals surface area (Å²) in [6.07, 6.45) is 2.62. The molecule has 0 saturated carbocycles. The van der Waals surface area contributed by atoms with Crippen LogP contribution in [0.2, 0.25) is 0 Å². The van der Waals surface area contributed by atoms with Crippen LogP contribution in [-0.2, 0) is 14.8 Å². The molecule has 1 heterocycles. The minimum Gasteiger partial charge on any atom is -0.494 e. The number of rotatable bonds is 6. The Morgan fingerprint density at radius 2 is 1.81 bits per heavy atom. The molecule has 1 unspecified atom stereocenters. The zero-order valence-corrected chi connectivity index (χ0v) is 16.6. The highest BCUT2D eigenvalue weighted by Gasteiger charge is 2.35. The first kappa shape index (κ1) is 19.4. The summed E-state index contributed by atoms with van der Waals surface area (Å²) in [5.41, 5.74) is 2.82. The molecule has 2 aromatic carbocycles. The smallest absolute Gasteiger partial charge is 0.243 e. The van der Waals surface area contributed by atoms with E-state index in [0.717, 1.165) is 16.7 Å². The van der Waals surface area contributed by atoms with Gasteiger partial charge in [-0.3, -0.25) is 0 Å².